The molecule has 0 bridgehead atoms. The van der Waals surface area contributed by atoms with Crippen molar-refractivity contribution in [2.24, 2.45) is 5.41 Å². The highest BCUT2D eigenvalue weighted by Crippen LogP contribution is 2.33. The third kappa shape index (κ3) is 2.17. The number of aromatic amines is 1. The van der Waals surface area contributed by atoms with E-state index in [9.17, 15) is 0 Å². The minimum absolute atomic E-state index is 0.149. The minimum Gasteiger partial charge on any atom is -0.497 e. The monoisotopic (exact) mass is 264 g/mol. The molecule has 1 aromatic carbocycles. The lowest BCUT2D eigenvalue weighted by Gasteiger charge is -2.29. The maximum absolute atomic E-state index is 5.44. The molecule has 4 heteroatoms. The summed E-state index contributed by atoms with van der Waals surface area (Å²) in [6.45, 7) is 8.86. The predicted molar refractivity (Wildman–Crippen MR) is 77.8 cm³/mol. The van der Waals surface area contributed by atoms with Gasteiger partial charge in [-0.3, -0.25) is 0 Å². The van der Waals surface area contributed by atoms with Crippen molar-refractivity contribution < 1.29 is 4.74 Å². The van der Waals surface area contributed by atoms with Crippen LogP contribution in [0.5, 0.6) is 5.75 Å². The first-order chi connectivity index (χ1) is 8.34. The van der Waals surface area contributed by atoms with Crippen molar-refractivity contribution in [3.8, 4) is 5.75 Å². The van der Waals surface area contributed by atoms with Crippen LogP contribution in [-0.2, 0) is 0 Å². The summed E-state index contributed by atoms with van der Waals surface area (Å²) >= 11 is 5.44. The van der Waals surface area contributed by atoms with Gasteiger partial charge in [0.05, 0.1) is 18.1 Å². The van der Waals surface area contributed by atoms with Gasteiger partial charge in [-0.2, -0.15) is 0 Å². The Morgan fingerprint density at radius 3 is 2.56 bits per heavy atom. The lowest BCUT2D eigenvalue weighted by molar-refractivity contribution is 0.265. The smallest absolute Gasteiger partial charge is 0.178 e. The van der Waals surface area contributed by atoms with Gasteiger partial charge >= 0.3 is 0 Å². The van der Waals surface area contributed by atoms with Crippen LogP contribution in [0.1, 0.15) is 33.7 Å². The predicted octanol–water partition coefficient (Wildman–Crippen LogP) is 4.31. The lowest BCUT2D eigenvalue weighted by atomic mass is 9.88. The molecule has 0 spiro atoms. The Kier molecular flexibility index (Phi) is 3.23. The average molecular weight is 264 g/mol. The maximum atomic E-state index is 5.44. The van der Waals surface area contributed by atoms with E-state index >= 15 is 0 Å². The van der Waals surface area contributed by atoms with Crippen LogP contribution in [0.15, 0.2) is 18.2 Å². The molecule has 1 atom stereocenters. The number of benzene rings is 1. The van der Waals surface area contributed by atoms with Crippen molar-refractivity contribution in [2.75, 3.05) is 7.11 Å². The van der Waals surface area contributed by atoms with Crippen LogP contribution >= 0.6 is 12.2 Å². The number of aromatic nitrogens is 2. The summed E-state index contributed by atoms with van der Waals surface area (Å²) in [7, 11) is 1.68. The summed E-state index contributed by atoms with van der Waals surface area (Å²) in [4.78, 5) is 3.25. The molecule has 2 rings (SSSR count). The topological polar surface area (TPSA) is 29.9 Å². The molecule has 0 fully saturated rings. The van der Waals surface area contributed by atoms with Gasteiger partial charge in [0, 0.05) is 12.1 Å². The van der Waals surface area contributed by atoms with E-state index in [4.69, 9.17) is 17.0 Å². The number of rotatable bonds is 2. The van der Waals surface area contributed by atoms with Crippen molar-refractivity contribution >= 4 is 23.3 Å². The standard InChI is InChI=1S/C14H20N2OS/c1-9(14(2,3)4)16-12-8-10(17-5)6-7-11(12)15-13(16)18/h6-9H,1-5H3,(H,15,18). The molecule has 0 saturated carbocycles. The molecular formula is C14H20N2OS. The maximum Gasteiger partial charge on any atom is 0.178 e. The number of imidazole rings is 1. The second-order valence-corrected chi connectivity index (χ2v) is 6.11. The summed E-state index contributed by atoms with van der Waals surface area (Å²) in [6.07, 6.45) is 0. The van der Waals surface area contributed by atoms with Crippen LogP contribution < -0.4 is 4.74 Å². The number of nitrogens with zero attached hydrogens (tertiary/aromatic N) is 1. The summed E-state index contributed by atoms with van der Waals surface area (Å²) in [5.74, 6) is 0.853. The van der Waals surface area contributed by atoms with Gasteiger partial charge in [0.15, 0.2) is 4.77 Å². The van der Waals surface area contributed by atoms with Crippen molar-refractivity contribution in [2.45, 2.75) is 33.7 Å². The number of hydrogen-bond acceptors (Lipinski definition) is 2. The molecule has 0 aliphatic carbocycles. The molecule has 0 saturated heterocycles. The van der Waals surface area contributed by atoms with Crippen LogP contribution in [0.2, 0.25) is 0 Å². The Bertz CT molecular complexity index is 619. The molecule has 98 valence electrons. The molecule has 0 radical (unpaired) electrons. The second kappa shape index (κ2) is 4.43. The molecule has 1 N–H and O–H groups in total. The van der Waals surface area contributed by atoms with Gasteiger partial charge in [0.1, 0.15) is 5.75 Å². The number of hydrogen-bond donors (Lipinski definition) is 1. The number of nitrogens with one attached hydrogen (secondary N) is 1. The van der Waals surface area contributed by atoms with Crippen LogP contribution in [0, 0.1) is 10.2 Å². The first-order valence-electron chi connectivity index (χ1n) is 6.13. The third-order valence-corrected chi connectivity index (χ3v) is 3.86. The van der Waals surface area contributed by atoms with E-state index in [-0.39, 0.29) is 5.41 Å². The normalized spacial score (nSPS) is 13.8. The molecule has 1 heterocycles. The first kappa shape index (κ1) is 13.1. The molecular weight excluding hydrogens is 244 g/mol. The first-order valence-corrected chi connectivity index (χ1v) is 6.53. The minimum atomic E-state index is 0.149. The van der Waals surface area contributed by atoms with Gasteiger partial charge in [0.25, 0.3) is 0 Å². The van der Waals surface area contributed by atoms with Crippen molar-refractivity contribution in [3.63, 3.8) is 0 Å². The van der Waals surface area contributed by atoms with E-state index < -0.39 is 0 Å². The summed E-state index contributed by atoms with van der Waals surface area (Å²) in [6, 6.07) is 6.30. The van der Waals surface area contributed by atoms with E-state index in [2.05, 4.69) is 37.2 Å². The number of methoxy groups -OCH3 is 1. The zero-order valence-electron chi connectivity index (χ0n) is 11.6. The van der Waals surface area contributed by atoms with Crippen LogP contribution in [0.4, 0.5) is 0 Å². The Morgan fingerprint density at radius 2 is 2.00 bits per heavy atom. The summed E-state index contributed by atoms with van der Waals surface area (Å²) in [5, 5.41) is 0. The molecule has 1 aromatic heterocycles. The van der Waals surface area contributed by atoms with Gasteiger partial charge < -0.3 is 14.3 Å². The highest BCUT2D eigenvalue weighted by molar-refractivity contribution is 7.71. The van der Waals surface area contributed by atoms with E-state index in [1.807, 2.05) is 18.2 Å². The van der Waals surface area contributed by atoms with Crippen molar-refractivity contribution in [1.82, 2.24) is 9.55 Å². The van der Waals surface area contributed by atoms with Gasteiger partial charge in [-0.25, -0.2) is 0 Å². The van der Waals surface area contributed by atoms with Gasteiger partial charge in [-0.1, -0.05) is 20.8 Å². The molecule has 18 heavy (non-hydrogen) atoms. The fourth-order valence-corrected chi connectivity index (χ4v) is 2.37. The number of ether oxygens (including phenoxy) is 1. The van der Waals surface area contributed by atoms with Crippen LogP contribution in [0.25, 0.3) is 11.0 Å². The van der Waals surface area contributed by atoms with E-state index in [0.29, 0.717) is 6.04 Å². The Labute approximate surface area is 113 Å². The Balaban J connectivity index is 2.69. The van der Waals surface area contributed by atoms with Crippen molar-refractivity contribution in [1.29, 1.82) is 0 Å². The molecule has 0 aliphatic rings. The van der Waals surface area contributed by atoms with Gasteiger partial charge in [-0.15, -0.1) is 0 Å². The second-order valence-electron chi connectivity index (χ2n) is 5.73. The Morgan fingerprint density at radius 1 is 1.33 bits per heavy atom. The fourth-order valence-electron chi connectivity index (χ4n) is 2.00. The zero-order chi connectivity index (χ0) is 13.5. The molecule has 0 amide bonds. The van der Waals surface area contributed by atoms with Crippen LogP contribution in [-0.4, -0.2) is 16.7 Å². The lowest BCUT2D eigenvalue weighted by Crippen LogP contribution is -2.21. The fraction of sp³-hybridized carbons (Fsp3) is 0.500. The Hall–Kier alpha value is -1.29. The number of H-pyrrole nitrogens is 1. The molecule has 3 nitrogen and oxygen atoms in total. The van der Waals surface area contributed by atoms with Gasteiger partial charge in [-0.05, 0) is 36.7 Å². The van der Waals surface area contributed by atoms with E-state index in [1.54, 1.807) is 7.11 Å². The van der Waals surface area contributed by atoms with Crippen molar-refractivity contribution in [3.05, 3.63) is 23.0 Å². The number of fused-ring (bicyclic) bond motifs is 1. The summed E-state index contributed by atoms with van der Waals surface area (Å²) in [5.41, 5.74) is 2.30. The highest BCUT2D eigenvalue weighted by atomic mass is 32.1. The van der Waals surface area contributed by atoms with Crippen LogP contribution in [0.3, 0.4) is 0 Å². The molecule has 2 aromatic rings. The SMILES string of the molecule is COc1ccc2[nH]c(=S)n(C(C)C(C)(C)C)c2c1. The van der Waals surface area contributed by atoms with Gasteiger partial charge in [0.2, 0.25) is 0 Å². The average Bonchev–Trinajstić information content (AvgIpc) is 2.61. The largest absolute Gasteiger partial charge is 0.497 e. The zero-order valence-corrected chi connectivity index (χ0v) is 12.4. The van der Waals surface area contributed by atoms with E-state index in [0.717, 1.165) is 21.6 Å². The molecule has 1 unspecified atom stereocenters. The highest BCUT2D eigenvalue weighted by Gasteiger charge is 2.24. The molecule has 0 aliphatic heterocycles. The van der Waals surface area contributed by atoms with E-state index in [1.165, 1.54) is 0 Å². The third-order valence-electron chi connectivity index (χ3n) is 3.57. The summed E-state index contributed by atoms with van der Waals surface area (Å²) < 4.78 is 8.23. The quantitative estimate of drug-likeness (QED) is 0.819.